The number of aliphatic hydroxyl groups excluding tert-OH is 1. The zero-order valence-electron chi connectivity index (χ0n) is 21.7. The minimum Gasteiger partial charge on any atom is -0.465 e. The molecule has 0 fully saturated rings. The molecule has 0 unspecified atom stereocenters. The summed E-state index contributed by atoms with van der Waals surface area (Å²) in [5.41, 5.74) is -0.830. The maximum absolute atomic E-state index is 13.8. The van der Waals surface area contributed by atoms with E-state index in [9.17, 15) is 37.0 Å². The van der Waals surface area contributed by atoms with Gasteiger partial charge >= 0.3 is 6.09 Å². The highest BCUT2D eigenvalue weighted by atomic mass is 32.2. The number of nitrogens with one attached hydrogen (secondary N) is 2. The van der Waals surface area contributed by atoms with Crippen LogP contribution in [0.3, 0.4) is 0 Å². The number of rotatable bonds is 13. The van der Waals surface area contributed by atoms with Crippen LogP contribution >= 0.6 is 0 Å². The van der Waals surface area contributed by atoms with Gasteiger partial charge in [0.1, 0.15) is 21.5 Å². The molecular formula is C24H39F2N3O6S. The molecule has 0 aliphatic rings. The first kappa shape index (κ1) is 31.7. The lowest BCUT2D eigenvalue weighted by Gasteiger charge is -2.42. The Morgan fingerprint density at radius 1 is 1.08 bits per heavy atom. The average Bonchev–Trinajstić information content (AvgIpc) is 2.68. The third-order valence-electron chi connectivity index (χ3n) is 5.42. The summed E-state index contributed by atoms with van der Waals surface area (Å²) in [4.78, 5) is 25.8. The van der Waals surface area contributed by atoms with Crippen molar-refractivity contribution in [2.45, 2.75) is 71.2 Å². The zero-order valence-corrected chi connectivity index (χ0v) is 22.5. The van der Waals surface area contributed by atoms with Gasteiger partial charge in [0.2, 0.25) is 5.91 Å². The van der Waals surface area contributed by atoms with E-state index in [2.05, 4.69) is 10.6 Å². The highest BCUT2D eigenvalue weighted by Crippen LogP contribution is 2.23. The van der Waals surface area contributed by atoms with Gasteiger partial charge in [-0.1, -0.05) is 13.8 Å². The second-order valence-corrected chi connectivity index (χ2v) is 12.7. The summed E-state index contributed by atoms with van der Waals surface area (Å²) in [6, 6.07) is 0.719. The molecule has 0 radical (unpaired) electrons. The predicted molar refractivity (Wildman–Crippen MR) is 133 cm³/mol. The lowest BCUT2D eigenvalue weighted by molar-refractivity contribution is -0.123. The molecule has 12 heteroatoms. The Balaban J connectivity index is 3.20. The number of carbonyl (C=O) groups excluding carboxylic acids is 1. The third-order valence-corrected chi connectivity index (χ3v) is 6.40. The molecule has 0 saturated heterocycles. The molecule has 1 aromatic rings. The van der Waals surface area contributed by atoms with Gasteiger partial charge in [-0.25, -0.2) is 22.0 Å². The molecule has 206 valence electrons. The number of carbonyl (C=O) groups is 2. The Kier molecular flexibility index (Phi) is 11.7. The van der Waals surface area contributed by atoms with Crippen LogP contribution in [0.2, 0.25) is 0 Å². The lowest BCUT2D eigenvalue weighted by Crippen LogP contribution is -2.59. The Labute approximate surface area is 212 Å². The van der Waals surface area contributed by atoms with Crippen LogP contribution in [-0.4, -0.2) is 84.4 Å². The maximum atomic E-state index is 13.8. The van der Waals surface area contributed by atoms with Gasteiger partial charge in [-0.3, -0.25) is 9.69 Å². The Morgan fingerprint density at radius 2 is 1.64 bits per heavy atom. The molecule has 1 aromatic carbocycles. The summed E-state index contributed by atoms with van der Waals surface area (Å²) in [5.74, 6) is -2.24. The highest BCUT2D eigenvalue weighted by molar-refractivity contribution is 7.90. The minimum absolute atomic E-state index is 0.0584. The number of halogens is 2. The van der Waals surface area contributed by atoms with Crippen LogP contribution in [0, 0.1) is 17.6 Å². The number of carboxylic acid groups (broad SMARTS) is 1. The fraction of sp³-hybridized carbons (Fsp3) is 0.667. The van der Waals surface area contributed by atoms with Crippen LogP contribution in [0.1, 0.15) is 46.6 Å². The second kappa shape index (κ2) is 13.3. The van der Waals surface area contributed by atoms with Crippen molar-refractivity contribution in [3.05, 3.63) is 35.4 Å². The van der Waals surface area contributed by atoms with Gasteiger partial charge < -0.3 is 20.8 Å². The molecule has 36 heavy (non-hydrogen) atoms. The highest BCUT2D eigenvalue weighted by Gasteiger charge is 2.38. The lowest BCUT2D eigenvalue weighted by atomic mass is 9.94. The van der Waals surface area contributed by atoms with Gasteiger partial charge in [0, 0.05) is 31.0 Å². The molecule has 1 rings (SSSR count). The molecule has 0 aromatic heterocycles. The summed E-state index contributed by atoms with van der Waals surface area (Å²) >= 11 is 0. The molecule has 0 saturated carbocycles. The maximum Gasteiger partial charge on any atom is 0.408 e. The van der Waals surface area contributed by atoms with E-state index >= 15 is 0 Å². The summed E-state index contributed by atoms with van der Waals surface area (Å²) < 4.78 is 50.9. The van der Waals surface area contributed by atoms with Gasteiger partial charge in [-0.05, 0) is 57.2 Å². The minimum atomic E-state index is -3.37. The van der Waals surface area contributed by atoms with Crippen LogP contribution in [0.5, 0.6) is 0 Å². The summed E-state index contributed by atoms with van der Waals surface area (Å²) in [5, 5.41) is 26.5. The monoisotopic (exact) mass is 535 g/mol. The number of amides is 2. The SMILES string of the molecule is CC(C)CNC(=O)[C@H](CCS(C)(=O)=O)NC[C@H](O)[C@H](Cc1cc(F)cc(F)c1)N(C(=O)O)C(C)(C)C. The van der Waals surface area contributed by atoms with Gasteiger partial charge in [-0.15, -0.1) is 0 Å². The average molecular weight is 536 g/mol. The Bertz CT molecular complexity index is 978. The first-order valence-electron chi connectivity index (χ1n) is 11.7. The fourth-order valence-corrected chi connectivity index (χ4v) is 4.44. The third kappa shape index (κ3) is 11.2. The van der Waals surface area contributed by atoms with E-state index in [1.54, 1.807) is 20.8 Å². The van der Waals surface area contributed by atoms with Gasteiger partial charge in [0.05, 0.1) is 23.9 Å². The topological polar surface area (TPSA) is 136 Å². The predicted octanol–water partition coefficient (Wildman–Crippen LogP) is 2.18. The molecule has 0 heterocycles. The molecule has 9 nitrogen and oxygen atoms in total. The molecule has 0 spiro atoms. The van der Waals surface area contributed by atoms with Crippen molar-refractivity contribution in [3.8, 4) is 0 Å². The number of sulfone groups is 1. The first-order chi connectivity index (χ1) is 16.4. The zero-order chi connectivity index (χ0) is 27.8. The van der Waals surface area contributed by atoms with E-state index < -0.39 is 57.2 Å². The Morgan fingerprint density at radius 3 is 2.08 bits per heavy atom. The van der Waals surface area contributed by atoms with E-state index in [0.717, 1.165) is 23.3 Å². The number of benzene rings is 1. The largest absolute Gasteiger partial charge is 0.465 e. The smallest absolute Gasteiger partial charge is 0.408 e. The van der Waals surface area contributed by atoms with E-state index in [-0.39, 0.29) is 36.6 Å². The fourth-order valence-electron chi connectivity index (χ4n) is 3.78. The summed E-state index contributed by atoms with van der Waals surface area (Å²) in [7, 11) is -3.37. The van der Waals surface area contributed by atoms with Crippen molar-refractivity contribution >= 4 is 21.8 Å². The van der Waals surface area contributed by atoms with Crippen molar-refractivity contribution in [1.29, 1.82) is 0 Å². The van der Waals surface area contributed by atoms with Crippen LogP contribution in [0.4, 0.5) is 13.6 Å². The standard InChI is InChI=1S/C24H39F2N3O6S/c1-15(2)13-28-22(31)19(7-8-36(6,34)35)27-14-21(30)20(29(23(32)33)24(3,4)5)11-16-9-17(25)12-18(26)10-16/h9-10,12,15,19-21,27,30H,7-8,11,13-14H2,1-6H3,(H,28,31)(H,32,33)/t19-,20-,21-/m0/s1. The molecule has 3 atom stereocenters. The number of nitrogens with zero attached hydrogens (tertiary/aromatic N) is 1. The molecule has 0 aliphatic heterocycles. The van der Waals surface area contributed by atoms with Gasteiger partial charge in [0.15, 0.2) is 0 Å². The van der Waals surface area contributed by atoms with Crippen LogP contribution in [-0.2, 0) is 21.1 Å². The molecule has 0 aliphatic carbocycles. The molecule has 0 bridgehead atoms. The summed E-state index contributed by atoms with van der Waals surface area (Å²) in [6.45, 7) is 8.75. The van der Waals surface area contributed by atoms with Crippen molar-refractivity contribution in [2.75, 3.05) is 25.1 Å². The number of hydrogen-bond acceptors (Lipinski definition) is 6. The Hall–Kier alpha value is -2.31. The number of hydrogen-bond donors (Lipinski definition) is 4. The first-order valence-corrected chi connectivity index (χ1v) is 13.8. The summed E-state index contributed by atoms with van der Waals surface area (Å²) in [6.07, 6.45) is -1.95. The van der Waals surface area contributed by atoms with E-state index in [1.807, 2.05) is 13.8 Å². The normalized spacial score (nSPS) is 14.8. The van der Waals surface area contributed by atoms with Crippen molar-refractivity contribution in [3.63, 3.8) is 0 Å². The van der Waals surface area contributed by atoms with Crippen molar-refractivity contribution < 1.29 is 37.0 Å². The van der Waals surface area contributed by atoms with Gasteiger partial charge in [-0.2, -0.15) is 0 Å². The van der Waals surface area contributed by atoms with Crippen LogP contribution < -0.4 is 10.6 Å². The second-order valence-electron chi connectivity index (χ2n) is 10.5. The van der Waals surface area contributed by atoms with Gasteiger partial charge in [0.25, 0.3) is 0 Å². The van der Waals surface area contributed by atoms with E-state index in [4.69, 9.17) is 0 Å². The molecular weight excluding hydrogens is 496 g/mol. The quantitative estimate of drug-likeness (QED) is 0.304. The molecule has 2 amide bonds. The molecule has 4 N–H and O–H groups in total. The van der Waals surface area contributed by atoms with Crippen molar-refractivity contribution in [1.82, 2.24) is 15.5 Å². The van der Waals surface area contributed by atoms with Crippen LogP contribution in [0.25, 0.3) is 0 Å². The van der Waals surface area contributed by atoms with Crippen molar-refractivity contribution in [2.24, 2.45) is 5.92 Å². The number of aliphatic hydroxyl groups is 1. The van der Waals surface area contributed by atoms with E-state index in [1.165, 1.54) is 0 Å². The van der Waals surface area contributed by atoms with Crippen LogP contribution in [0.15, 0.2) is 18.2 Å². The van der Waals surface area contributed by atoms with E-state index in [0.29, 0.717) is 12.6 Å².